The Morgan fingerprint density at radius 2 is 1.94 bits per heavy atom. The average Bonchev–Trinajstić information content (AvgIpc) is 2.26. The van der Waals surface area contributed by atoms with Gasteiger partial charge in [0.15, 0.2) is 11.3 Å². The van der Waals surface area contributed by atoms with E-state index in [1.165, 1.54) is 0 Å². The van der Waals surface area contributed by atoms with Gasteiger partial charge in [-0.25, -0.2) is 19.7 Å². The highest BCUT2D eigenvalue weighted by Crippen LogP contribution is 2.28. The van der Waals surface area contributed by atoms with Crippen LogP contribution in [-0.4, -0.2) is 26.0 Å². The summed E-state index contributed by atoms with van der Waals surface area (Å²) in [5.41, 5.74) is -1.80. The molecule has 0 aliphatic rings. The summed E-state index contributed by atoms with van der Waals surface area (Å²) < 4.78 is 37.1. The van der Waals surface area contributed by atoms with Crippen LogP contribution in [-0.2, 0) is 6.18 Å². The van der Waals surface area contributed by atoms with Crippen LogP contribution in [0.5, 0.6) is 0 Å². The Morgan fingerprint density at radius 1 is 1.24 bits per heavy atom. The van der Waals surface area contributed by atoms with Gasteiger partial charge in [-0.15, -0.1) is 0 Å². The molecule has 0 saturated heterocycles. The van der Waals surface area contributed by atoms with Crippen molar-refractivity contribution >= 4 is 17.0 Å². The number of carbonyl (C=O) groups is 1. The van der Waals surface area contributed by atoms with Gasteiger partial charge >= 0.3 is 12.1 Å². The van der Waals surface area contributed by atoms with Crippen molar-refractivity contribution in [2.24, 2.45) is 0 Å². The summed E-state index contributed by atoms with van der Waals surface area (Å²) in [6.07, 6.45) is -3.73. The molecule has 0 bridgehead atoms. The Morgan fingerprint density at radius 3 is 2.53 bits per heavy atom. The van der Waals surface area contributed by atoms with Gasteiger partial charge in [-0.05, 0) is 12.1 Å². The highest BCUT2D eigenvalue weighted by Gasteiger charge is 2.32. The van der Waals surface area contributed by atoms with Crippen molar-refractivity contribution in [3.05, 3.63) is 29.8 Å². The number of carboxylic acid groups (broad SMARTS) is 1. The number of carboxylic acids is 1. The highest BCUT2D eigenvalue weighted by atomic mass is 19.4. The van der Waals surface area contributed by atoms with E-state index in [4.69, 9.17) is 5.11 Å². The number of hydrogen-bond donors (Lipinski definition) is 1. The summed E-state index contributed by atoms with van der Waals surface area (Å²) >= 11 is 0. The molecule has 0 atom stereocenters. The minimum atomic E-state index is -4.59. The summed E-state index contributed by atoms with van der Waals surface area (Å²) in [6.45, 7) is 0. The predicted octanol–water partition coefficient (Wildman–Crippen LogP) is 1.74. The van der Waals surface area contributed by atoms with Crippen LogP contribution in [0.3, 0.4) is 0 Å². The van der Waals surface area contributed by atoms with Gasteiger partial charge in [0.1, 0.15) is 12.0 Å². The van der Waals surface area contributed by atoms with E-state index in [9.17, 15) is 18.0 Å². The van der Waals surface area contributed by atoms with E-state index in [-0.39, 0.29) is 16.7 Å². The van der Waals surface area contributed by atoms with Crippen molar-refractivity contribution in [1.82, 2.24) is 15.0 Å². The Balaban J connectivity index is 2.69. The third-order valence-corrected chi connectivity index (χ3v) is 1.99. The zero-order valence-electron chi connectivity index (χ0n) is 8.06. The first-order chi connectivity index (χ1) is 7.89. The Kier molecular flexibility index (Phi) is 2.41. The maximum atomic E-state index is 12.4. The van der Waals surface area contributed by atoms with Crippen molar-refractivity contribution < 1.29 is 23.1 Å². The lowest BCUT2D eigenvalue weighted by atomic mass is 10.2. The SMILES string of the molecule is O=C(O)c1ncnc2nc(C(F)(F)F)ccc12. The molecular formula is C9H4F3N3O2. The van der Waals surface area contributed by atoms with Gasteiger partial charge in [0.25, 0.3) is 0 Å². The van der Waals surface area contributed by atoms with Crippen LogP contribution >= 0.6 is 0 Å². The molecule has 0 radical (unpaired) electrons. The molecule has 0 spiro atoms. The van der Waals surface area contributed by atoms with Crippen molar-refractivity contribution in [2.45, 2.75) is 6.18 Å². The van der Waals surface area contributed by atoms with Crippen molar-refractivity contribution in [2.75, 3.05) is 0 Å². The maximum absolute atomic E-state index is 12.4. The Labute approximate surface area is 92.0 Å². The molecule has 1 N–H and O–H groups in total. The molecule has 0 saturated carbocycles. The largest absolute Gasteiger partial charge is 0.476 e. The lowest BCUT2D eigenvalue weighted by Gasteiger charge is -2.06. The van der Waals surface area contributed by atoms with Crippen LogP contribution < -0.4 is 0 Å². The van der Waals surface area contributed by atoms with Gasteiger partial charge in [0.05, 0.1) is 5.39 Å². The Hall–Kier alpha value is -2.25. The number of rotatable bonds is 1. The number of pyridine rings is 1. The lowest BCUT2D eigenvalue weighted by molar-refractivity contribution is -0.141. The molecule has 0 aromatic carbocycles. The van der Waals surface area contributed by atoms with E-state index in [0.717, 1.165) is 12.4 Å². The van der Waals surface area contributed by atoms with Crippen molar-refractivity contribution in [3.8, 4) is 0 Å². The second-order valence-electron chi connectivity index (χ2n) is 3.09. The minimum absolute atomic E-state index is 0.0343. The highest BCUT2D eigenvalue weighted by molar-refractivity contribution is 5.99. The van der Waals surface area contributed by atoms with Crippen LogP contribution in [0.1, 0.15) is 16.2 Å². The number of alkyl halides is 3. The molecule has 17 heavy (non-hydrogen) atoms. The van der Waals surface area contributed by atoms with Gasteiger partial charge in [0, 0.05) is 0 Å². The fourth-order valence-electron chi connectivity index (χ4n) is 1.27. The maximum Gasteiger partial charge on any atom is 0.433 e. The quantitative estimate of drug-likeness (QED) is 0.825. The minimum Gasteiger partial charge on any atom is -0.476 e. The standard InChI is InChI=1S/C9H4F3N3O2/c10-9(11,12)5-2-1-4-6(8(16)17)13-3-14-7(4)15-5/h1-3H,(H,16,17). The number of halogens is 3. The number of nitrogens with zero attached hydrogens (tertiary/aromatic N) is 3. The first-order valence-corrected chi connectivity index (χ1v) is 4.32. The van der Waals surface area contributed by atoms with Gasteiger partial charge in [-0.2, -0.15) is 13.2 Å². The van der Waals surface area contributed by atoms with E-state index in [2.05, 4.69) is 15.0 Å². The second-order valence-corrected chi connectivity index (χ2v) is 3.09. The number of hydrogen-bond acceptors (Lipinski definition) is 4. The molecule has 5 nitrogen and oxygen atoms in total. The normalized spacial score (nSPS) is 11.7. The summed E-state index contributed by atoms with van der Waals surface area (Å²) in [5, 5.41) is 8.74. The third kappa shape index (κ3) is 2.01. The first kappa shape index (κ1) is 11.2. The van der Waals surface area contributed by atoms with Crippen LogP contribution in [0.2, 0.25) is 0 Å². The fourth-order valence-corrected chi connectivity index (χ4v) is 1.27. The van der Waals surface area contributed by atoms with Crippen LogP contribution in [0.15, 0.2) is 18.5 Å². The summed E-state index contributed by atoms with van der Waals surface area (Å²) in [6, 6.07) is 1.69. The van der Waals surface area contributed by atoms with Gasteiger partial charge in [-0.3, -0.25) is 0 Å². The zero-order chi connectivity index (χ0) is 12.6. The van der Waals surface area contributed by atoms with Gasteiger partial charge in [-0.1, -0.05) is 0 Å². The molecule has 0 amide bonds. The fraction of sp³-hybridized carbons (Fsp3) is 0.111. The predicted molar refractivity (Wildman–Crippen MR) is 49.3 cm³/mol. The molecule has 0 aliphatic carbocycles. The third-order valence-electron chi connectivity index (χ3n) is 1.99. The molecule has 0 fully saturated rings. The number of fused-ring (bicyclic) bond motifs is 1. The van der Waals surface area contributed by atoms with E-state index in [0.29, 0.717) is 6.07 Å². The van der Waals surface area contributed by atoms with E-state index in [1.54, 1.807) is 0 Å². The van der Waals surface area contributed by atoms with Crippen LogP contribution in [0.4, 0.5) is 13.2 Å². The second kappa shape index (κ2) is 3.65. The molecule has 2 rings (SSSR count). The molecule has 88 valence electrons. The van der Waals surface area contributed by atoms with Crippen molar-refractivity contribution in [1.29, 1.82) is 0 Å². The molecule has 2 aromatic heterocycles. The summed E-state index contributed by atoms with van der Waals surface area (Å²) in [4.78, 5) is 21.0. The smallest absolute Gasteiger partial charge is 0.433 e. The average molecular weight is 243 g/mol. The molecule has 0 aliphatic heterocycles. The molecule has 0 unspecified atom stereocenters. The molecule has 8 heteroatoms. The van der Waals surface area contributed by atoms with Crippen molar-refractivity contribution in [3.63, 3.8) is 0 Å². The van der Waals surface area contributed by atoms with Crippen LogP contribution in [0, 0.1) is 0 Å². The van der Waals surface area contributed by atoms with E-state index in [1.807, 2.05) is 0 Å². The summed E-state index contributed by atoms with van der Waals surface area (Å²) in [7, 11) is 0. The topological polar surface area (TPSA) is 76.0 Å². The van der Waals surface area contributed by atoms with Gasteiger partial charge in [0.2, 0.25) is 0 Å². The molecule has 2 aromatic rings. The lowest BCUT2D eigenvalue weighted by Crippen LogP contribution is -2.09. The van der Waals surface area contributed by atoms with E-state index < -0.39 is 17.8 Å². The van der Waals surface area contributed by atoms with Gasteiger partial charge < -0.3 is 5.11 Å². The first-order valence-electron chi connectivity index (χ1n) is 4.32. The number of aromatic nitrogens is 3. The Bertz CT molecular complexity index is 598. The number of aromatic carboxylic acids is 1. The van der Waals surface area contributed by atoms with E-state index >= 15 is 0 Å². The molecule has 2 heterocycles. The van der Waals surface area contributed by atoms with Crippen LogP contribution in [0.25, 0.3) is 11.0 Å². The zero-order valence-corrected chi connectivity index (χ0v) is 8.06. The monoisotopic (exact) mass is 243 g/mol. The summed E-state index contributed by atoms with van der Waals surface area (Å²) in [5.74, 6) is -1.35. The molecular weight excluding hydrogens is 239 g/mol.